The summed E-state index contributed by atoms with van der Waals surface area (Å²) in [6.07, 6.45) is 4.04. The molecule has 6 rings (SSSR count). The van der Waals surface area contributed by atoms with Crippen LogP contribution in [-0.4, -0.2) is 25.3 Å². The molecular formula is C33H28ClN5O2S. The van der Waals surface area contributed by atoms with E-state index in [1.165, 1.54) is 17.3 Å². The SMILES string of the molecule is CCCSc1ccc(-c2cccc3c(Cl)c([C@H](C)Nc4ncnc5[nH]ccc(=O)c45)n(-c4ccccc4)c(=O)c23)cc1. The average molecular weight is 594 g/mol. The number of benzene rings is 3. The van der Waals surface area contributed by atoms with Gasteiger partial charge < -0.3 is 10.3 Å². The first-order chi connectivity index (χ1) is 20.5. The second kappa shape index (κ2) is 11.8. The molecule has 0 aliphatic heterocycles. The van der Waals surface area contributed by atoms with Crippen molar-refractivity contribution < 1.29 is 0 Å². The largest absolute Gasteiger partial charge is 0.361 e. The molecule has 1 atom stereocenters. The molecule has 42 heavy (non-hydrogen) atoms. The highest BCUT2D eigenvalue weighted by Gasteiger charge is 2.24. The summed E-state index contributed by atoms with van der Waals surface area (Å²) in [5.74, 6) is 1.41. The molecule has 7 nitrogen and oxygen atoms in total. The topological polar surface area (TPSA) is 92.7 Å². The van der Waals surface area contributed by atoms with Crippen molar-refractivity contribution in [3.63, 3.8) is 0 Å². The van der Waals surface area contributed by atoms with Crippen LogP contribution in [0.3, 0.4) is 0 Å². The lowest BCUT2D eigenvalue weighted by Gasteiger charge is -2.24. The quantitative estimate of drug-likeness (QED) is 0.176. The molecule has 0 unspecified atom stereocenters. The zero-order chi connectivity index (χ0) is 29.2. The van der Waals surface area contributed by atoms with Gasteiger partial charge in [0.15, 0.2) is 5.43 Å². The average Bonchev–Trinajstić information content (AvgIpc) is 3.02. The number of aromatic nitrogens is 4. The van der Waals surface area contributed by atoms with Gasteiger partial charge in [0.1, 0.15) is 23.2 Å². The van der Waals surface area contributed by atoms with E-state index in [9.17, 15) is 9.59 Å². The zero-order valence-electron chi connectivity index (χ0n) is 23.1. The number of rotatable bonds is 8. The molecule has 2 N–H and O–H groups in total. The molecule has 3 heterocycles. The normalized spacial score (nSPS) is 12.1. The molecule has 3 aromatic carbocycles. The number of pyridine rings is 2. The van der Waals surface area contributed by atoms with Crippen molar-refractivity contribution in [3.05, 3.63) is 123 Å². The van der Waals surface area contributed by atoms with Gasteiger partial charge in [-0.25, -0.2) is 9.97 Å². The van der Waals surface area contributed by atoms with Gasteiger partial charge in [-0.05, 0) is 54.5 Å². The molecule has 9 heteroatoms. The van der Waals surface area contributed by atoms with Crippen LogP contribution >= 0.6 is 23.4 Å². The van der Waals surface area contributed by atoms with Gasteiger partial charge in [-0.3, -0.25) is 14.2 Å². The first-order valence-corrected chi connectivity index (χ1v) is 15.1. The molecule has 0 amide bonds. The predicted octanol–water partition coefficient (Wildman–Crippen LogP) is 7.62. The summed E-state index contributed by atoms with van der Waals surface area (Å²) in [7, 11) is 0. The Morgan fingerprint density at radius 2 is 1.74 bits per heavy atom. The summed E-state index contributed by atoms with van der Waals surface area (Å²) < 4.78 is 1.66. The number of thioether (sulfide) groups is 1. The van der Waals surface area contributed by atoms with Crippen LogP contribution in [0, 0.1) is 0 Å². The van der Waals surface area contributed by atoms with E-state index < -0.39 is 6.04 Å². The minimum absolute atomic E-state index is 0.185. The van der Waals surface area contributed by atoms with E-state index in [0.717, 1.165) is 23.3 Å². The number of aromatic amines is 1. The van der Waals surface area contributed by atoms with Crippen LogP contribution in [0.4, 0.5) is 5.82 Å². The van der Waals surface area contributed by atoms with Gasteiger partial charge >= 0.3 is 0 Å². The number of anilines is 1. The third kappa shape index (κ3) is 5.08. The Labute approximate surface area is 251 Å². The van der Waals surface area contributed by atoms with Gasteiger partial charge in [-0.2, -0.15) is 0 Å². The maximum Gasteiger partial charge on any atom is 0.263 e. The van der Waals surface area contributed by atoms with Gasteiger partial charge in [0.05, 0.1) is 22.1 Å². The lowest BCUT2D eigenvalue weighted by Crippen LogP contribution is -2.27. The number of H-pyrrole nitrogens is 1. The molecular weight excluding hydrogens is 566 g/mol. The van der Waals surface area contributed by atoms with Crippen molar-refractivity contribution in [1.82, 2.24) is 19.5 Å². The van der Waals surface area contributed by atoms with Crippen LogP contribution in [0.5, 0.6) is 0 Å². The predicted molar refractivity (Wildman–Crippen MR) is 173 cm³/mol. The zero-order valence-corrected chi connectivity index (χ0v) is 24.7. The highest BCUT2D eigenvalue weighted by atomic mass is 35.5. The van der Waals surface area contributed by atoms with Gasteiger partial charge in [-0.1, -0.05) is 67.1 Å². The van der Waals surface area contributed by atoms with Crippen LogP contribution < -0.4 is 16.3 Å². The number of fused-ring (bicyclic) bond motifs is 2. The van der Waals surface area contributed by atoms with Crippen LogP contribution in [0.25, 0.3) is 38.6 Å². The Bertz CT molecular complexity index is 2020. The van der Waals surface area contributed by atoms with E-state index in [1.54, 1.807) is 10.8 Å². The van der Waals surface area contributed by atoms with E-state index in [2.05, 4.69) is 51.5 Å². The van der Waals surface area contributed by atoms with Crippen LogP contribution in [0.2, 0.25) is 5.02 Å². The molecule has 210 valence electrons. The van der Waals surface area contributed by atoms with E-state index in [0.29, 0.717) is 44.0 Å². The fourth-order valence-electron chi connectivity index (χ4n) is 5.22. The number of para-hydroxylation sites is 1. The van der Waals surface area contributed by atoms with Gasteiger partial charge in [0.25, 0.3) is 5.56 Å². The Morgan fingerprint density at radius 1 is 0.952 bits per heavy atom. The van der Waals surface area contributed by atoms with Gasteiger partial charge in [-0.15, -0.1) is 11.8 Å². The molecule has 0 saturated heterocycles. The number of hydrogen-bond acceptors (Lipinski definition) is 6. The number of hydrogen-bond donors (Lipinski definition) is 2. The van der Waals surface area contributed by atoms with Crippen molar-refractivity contribution in [1.29, 1.82) is 0 Å². The molecule has 6 aromatic rings. The Balaban J connectivity index is 1.55. The summed E-state index contributed by atoms with van der Waals surface area (Å²) in [5.41, 5.74) is 3.02. The third-order valence-corrected chi connectivity index (χ3v) is 8.76. The Morgan fingerprint density at radius 3 is 2.50 bits per heavy atom. The van der Waals surface area contributed by atoms with Crippen LogP contribution in [0.1, 0.15) is 32.0 Å². The van der Waals surface area contributed by atoms with Crippen molar-refractivity contribution in [2.24, 2.45) is 0 Å². The first kappa shape index (κ1) is 27.8. The maximum absolute atomic E-state index is 14.5. The number of halogens is 1. The Kier molecular flexibility index (Phi) is 7.82. The molecule has 0 aliphatic carbocycles. The minimum atomic E-state index is -0.508. The van der Waals surface area contributed by atoms with Crippen LogP contribution in [-0.2, 0) is 0 Å². The second-order valence-corrected chi connectivity index (χ2v) is 11.5. The van der Waals surface area contributed by atoms with E-state index in [-0.39, 0.29) is 11.0 Å². The lowest BCUT2D eigenvalue weighted by molar-refractivity contribution is 0.774. The van der Waals surface area contributed by atoms with Gasteiger partial charge in [0.2, 0.25) is 0 Å². The Hall–Kier alpha value is -4.40. The minimum Gasteiger partial charge on any atom is -0.361 e. The number of nitrogens with one attached hydrogen (secondary N) is 2. The summed E-state index contributed by atoms with van der Waals surface area (Å²) in [6.45, 7) is 4.06. The fraction of sp³-hybridized carbons (Fsp3) is 0.152. The number of nitrogens with zero attached hydrogens (tertiary/aromatic N) is 3. The van der Waals surface area contributed by atoms with Crippen molar-refractivity contribution in [2.75, 3.05) is 11.1 Å². The van der Waals surface area contributed by atoms with Crippen molar-refractivity contribution >= 4 is 51.0 Å². The molecule has 0 saturated carbocycles. The molecule has 0 radical (unpaired) electrons. The maximum atomic E-state index is 14.5. The third-order valence-electron chi connectivity index (χ3n) is 7.15. The van der Waals surface area contributed by atoms with Crippen LogP contribution in [0.15, 0.2) is 106 Å². The monoisotopic (exact) mass is 593 g/mol. The summed E-state index contributed by atoms with van der Waals surface area (Å²) >= 11 is 9.03. The molecule has 0 aliphatic rings. The second-order valence-electron chi connectivity index (χ2n) is 9.93. The molecule has 0 spiro atoms. The van der Waals surface area contributed by atoms with Crippen molar-refractivity contribution in [2.45, 2.75) is 31.2 Å². The molecule has 3 aromatic heterocycles. The summed E-state index contributed by atoms with van der Waals surface area (Å²) in [5, 5.41) is 5.31. The first-order valence-electron chi connectivity index (χ1n) is 13.7. The van der Waals surface area contributed by atoms with E-state index >= 15 is 0 Å². The highest BCUT2D eigenvalue weighted by molar-refractivity contribution is 7.99. The van der Waals surface area contributed by atoms with Gasteiger partial charge in [0, 0.05) is 28.2 Å². The summed E-state index contributed by atoms with van der Waals surface area (Å²) in [4.78, 5) is 40.0. The van der Waals surface area contributed by atoms with Crippen molar-refractivity contribution in [3.8, 4) is 16.8 Å². The molecule has 0 fully saturated rings. The smallest absolute Gasteiger partial charge is 0.263 e. The lowest BCUT2D eigenvalue weighted by atomic mass is 9.97. The van der Waals surface area contributed by atoms with E-state index in [4.69, 9.17) is 11.6 Å². The standard InChI is InChI=1S/C33H28ClN5O2S/c1-3-18-42-23-14-12-21(13-15-23)24-10-7-11-25-27(24)33(41)39(22-8-5-4-6-9-22)30(29(25)34)20(2)38-32-28-26(40)16-17-35-31(28)36-19-37-32/h4-17,19-20H,3,18H2,1-2H3,(H2,35,36,37,38,40)/t20-/m0/s1. The molecule has 0 bridgehead atoms. The highest BCUT2D eigenvalue weighted by Crippen LogP contribution is 2.37. The van der Waals surface area contributed by atoms with E-state index in [1.807, 2.05) is 67.2 Å². The fourth-order valence-corrected chi connectivity index (χ4v) is 6.40. The summed E-state index contributed by atoms with van der Waals surface area (Å²) in [6, 6.07) is 24.4.